The van der Waals surface area contributed by atoms with E-state index in [2.05, 4.69) is 5.32 Å². The Bertz CT molecular complexity index is 1510. The summed E-state index contributed by atoms with van der Waals surface area (Å²) in [6, 6.07) is 25.3. The van der Waals surface area contributed by atoms with Crippen molar-refractivity contribution >= 4 is 51.5 Å². The van der Waals surface area contributed by atoms with Gasteiger partial charge in [-0.15, -0.1) is 0 Å². The van der Waals surface area contributed by atoms with Gasteiger partial charge in [-0.3, -0.25) is 14.4 Å². The molecule has 0 bridgehead atoms. The molecule has 0 saturated carbocycles. The molecule has 4 aromatic carbocycles. The molecule has 1 aliphatic heterocycles. The lowest BCUT2D eigenvalue weighted by Gasteiger charge is -2.21. The van der Waals surface area contributed by atoms with E-state index in [0.29, 0.717) is 16.3 Å². The molecule has 1 aliphatic rings. The predicted molar refractivity (Wildman–Crippen MR) is 131 cm³/mol. The van der Waals surface area contributed by atoms with Crippen molar-refractivity contribution in [2.45, 2.75) is 6.10 Å². The number of fused-ring (bicyclic) bond motifs is 2. The summed E-state index contributed by atoms with van der Waals surface area (Å²) in [4.78, 5) is 52.6. The average molecular weight is 484 g/mol. The number of benzene rings is 4. The van der Waals surface area contributed by atoms with Gasteiger partial charge in [0.05, 0.1) is 5.56 Å². The van der Waals surface area contributed by atoms with Gasteiger partial charge < -0.3 is 10.1 Å². The summed E-state index contributed by atoms with van der Waals surface area (Å²) in [5, 5.41) is 4.59. The second kappa shape index (κ2) is 9.16. The van der Waals surface area contributed by atoms with E-state index in [-0.39, 0.29) is 11.1 Å². The number of hydrogen-bond acceptors (Lipinski definition) is 5. The van der Waals surface area contributed by atoms with Crippen molar-refractivity contribution in [2.24, 2.45) is 5.92 Å². The van der Waals surface area contributed by atoms with Gasteiger partial charge in [-0.1, -0.05) is 72.3 Å². The molecule has 1 heterocycles. The van der Waals surface area contributed by atoms with E-state index in [1.165, 1.54) is 6.07 Å². The molecule has 0 fully saturated rings. The number of cyclic esters (lactones) is 1. The van der Waals surface area contributed by atoms with Crippen LogP contribution in [0.3, 0.4) is 0 Å². The van der Waals surface area contributed by atoms with E-state index in [0.717, 1.165) is 10.8 Å². The van der Waals surface area contributed by atoms with Gasteiger partial charge in [-0.05, 0) is 41.1 Å². The largest absolute Gasteiger partial charge is 0.453 e. The highest BCUT2D eigenvalue weighted by Crippen LogP contribution is 2.38. The Balaban J connectivity index is 1.54. The number of nitrogens with one attached hydrogen (secondary N) is 1. The third kappa shape index (κ3) is 4.32. The molecule has 4 aromatic rings. The van der Waals surface area contributed by atoms with Crippen molar-refractivity contribution in [3.05, 3.63) is 113 Å². The summed E-state index contributed by atoms with van der Waals surface area (Å²) in [7, 11) is 0. The van der Waals surface area contributed by atoms with Crippen molar-refractivity contribution in [1.29, 1.82) is 0 Å². The Hall–Kier alpha value is -4.29. The summed E-state index contributed by atoms with van der Waals surface area (Å²) in [5.41, 5.74) is 1.19. The maximum Gasteiger partial charge on any atom is 0.339 e. The van der Waals surface area contributed by atoms with Gasteiger partial charge in [0, 0.05) is 21.8 Å². The maximum absolute atomic E-state index is 13.7. The van der Waals surface area contributed by atoms with E-state index in [1.807, 2.05) is 24.3 Å². The van der Waals surface area contributed by atoms with Crippen LogP contribution in [0.5, 0.6) is 0 Å². The molecule has 1 amide bonds. The van der Waals surface area contributed by atoms with Crippen LogP contribution in [0, 0.1) is 5.92 Å². The zero-order valence-corrected chi connectivity index (χ0v) is 19.0. The van der Waals surface area contributed by atoms with E-state index >= 15 is 0 Å². The number of rotatable bonds is 6. The van der Waals surface area contributed by atoms with Crippen LogP contribution in [-0.2, 0) is 14.3 Å². The second-order valence-corrected chi connectivity index (χ2v) is 8.58. The highest BCUT2D eigenvalue weighted by atomic mass is 35.5. The quantitative estimate of drug-likeness (QED) is 0.171. The Morgan fingerprint density at radius 2 is 1.57 bits per heavy atom. The van der Waals surface area contributed by atoms with Gasteiger partial charge in [0.25, 0.3) is 5.91 Å². The molecule has 2 atom stereocenters. The van der Waals surface area contributed by atoms with Crippen molar-refractivity contribution < 1.29 is 23.9 Å². The van der Waals surface area contributed by atoms with Crippen LogP contribution in [0.1, 0.15) is 32.4 Å². The molecular formula is C28H18ClNO5. The van der Waals surface area contributed by atoms with Crippen LogP contribution in [0.25, 0.3) is 10.8 Å². The second-order valence-electron chi connectivity index (χ2n) is 8.15. The zero-order chi connectivity index (χ0) is 24.5. The van der Waals surface area contributed by atoms with Crippen LogP contribution in [0.2, 0.25) is 5.02 Å². The fourth-order valence-electron chi connectivity index (χ4n) is 4.24. The van der Waals surface area contributed by atoms with Crippen LogP contribution in [-0.4, -0.2) is 23.4 Å². The minimum Gasteiger partial charge on any atom is -0.453 e. The Morgan fingerprint density at radius 3 is 2.37 bits per heavy atom. The van der Waals surface area contributed by atoms with Crippen LogP contribution in [0.4, 0.5) is 5.69 Å². The first-order chi connectivity index (χ1) is 16.9. The van der Waals surface area contributed by atoms with Crippen molar-refractivity contribution in [3.63, 3.8) is 0 Å². The molecule has 0 aromatic heterocycles. The molecular weight excluding hydrogens is 466 g/mol. The minimum absolute atomic E-state index is 0.234. The van der Waals surface area contributed by atoms with Gasteiger partial charge in [-0.25, -0.2) is 4.79 Å². The zero-order valence-electron chi connectivity index (χ0n) is 18.2. The molecule has 35 heavy (non-hydrogen) atoms. The lowest BCUT2D eigenvalue weighted by atomic mass is 9.84. The van der Waals surface area contributed by atoms with Gasteiger partial charge >= 0.3 is 5.97 Å². The number of Topliss-reactive ketones (excluding diaryl/α,β-unsaturated/α-hetero) is 2. The first kappa shape index (κ1) is 22.5. The van der Waals surface area contributed by atoms with E-state index in [4.69, 9.17) is 16.3 Å². The monoisotopic (exact) mass is 483 g/mol. The fourth-order valence-corrected chi connectivity index (χ4v) is 4.43. The molecule has 6 nitrogen and oxygen atoms in total. The Morgan fingerprint density at radius 1 is 0.829 bits per heavy atom. The SMILES string of the molecule is O=C(Nc1cccc(Cl)c1)C(=O)[C@H](C(=O)c1ccc2ccccc2c1)[C@@H]1OC(=O)c2ccccc21. The normalized spacial score (nSPS) is 15.2. The first-order valence-electron chi connectivity index (χ1n) is 10.9. The standard InChI is InChI=1S/C28H18ClNO5/c29-19-8-5-9-20(15-19)30-27(33)25(32)23(26-21-10-3-4-11-22(21)28(34)35-26)24(31)18-13-12-16-6-1-2-7-17(16)14-18/h1-15,23,26H,(H,30,33)/t23-,26+/m0/s1. The summed E-state index contributed by atoms with van der Waals surface area (Å²) in [6.45, 7) is 0. The third-order valence-corrected chi connectivity index (χ3v) is 6.16. The fraction of sp³-hybridized carbons (Fsp3) is 0.0714. The lowest BCUT2D eigenvalue weighted by Crippen LogP contribution is -2.38. The minimum atomic E-state index is -1.57. The average Bonchev–Trinajstić information content (AvgIpc) is 3.20. The van der Waals surface area contributed by atoms with Gasteiger partial charge in [-0.2, -0.15) is 0 Å². The van der Waals surface area contributed by atoms with E-state index < -0.39 is 35.5 Å². The number of halogens is 1. The van der Waals surface area contributed by atoms with Crippen molar-refractivity contribution in [2.75, 3.05) is 5.32 Å². The number of esters is 1. The molecule has 5 rings (SSSR count). The molecule has 0 radical (unpaired) electrons. The van der Waals surface area contributed by atoms with Gasteiger partial charge in [0.15, 0.2) is 5.78 Å². The summed E-state index contributed by atoms with van der Waals surface area (Å²) in [6.07, 6.45) is -1.23. The topological polar surface area (TPSA) is 89.5 Å². The Kier molecular flexibility index (Phi) is 5.89. The van der Waals surface area contributed by atoms with Crippen LogP contribution >= 0.6 is 11.6 Å². The number of ether oxygens (including phenoxy) is 1. The highest BCUT2D eigenvalue weighted by molar-refractivity contribution is 6.45. The number of hydrogen-bond donors (Lipinski definition) is 1. The van der Waals surface area contributed by atoms with E-state index in [9.17, 15) is 19.2 Å². The highest BCUT2D eigenvalue weighted by Gasteiger charge is 2.46. The third-order valence-electron chi connectivity index (χ3n) is 5.93. The molecule has 7 heteroatoms. The summed E-state index contributed by atoms with van der Waals surface area (Å²) < 4.78 is 5.48. The van der Waals surface area contributed by atoms with Gasteiger partial charge in [0.1, 0.15) is 12.0 Å². The van der Waals surface area contributed by atoms with Crippen LogP contribution in [0.15, 0.2) is 91.0 Å². The molecule has 0 spiro atoms. The lowest BCUT2D eigenvalue weighted by molar-refractivity contribution is -0.138. The number of anilines is 1. The Labute approximate surface area is 205 Å². The van der Waals surface area contributed by atoms with Crippen molar-refractivity contribution in [1.82, 2.24) is 0 Å². The summed E-state index contributed by atoms with van der Waals surface area (Å²) >= 11 is 5.98. The van der Waals surface area contributed by atoms with Crippen molar-refractivity contribution in [3.8, 4) is 0 Å². The maximum atomic E-state index is 13.7. The number of carbonyl (C=O) groups is 4. The molecule has 0 saturated heterocycles. The molecule has 172 valence electrons. The smallest absolute Gasteiger partial charge is 0.339 e. The predicted octanol–water partition coefficient (Wildman–Crippen LogP) is 5.41. The number of carbonyl (C=O) groups excluding carboxylic acids is 4. The number of ketones is 2. The first-order valence-corrected chi connectivity index (χ1v) is 11.2. The van der Waals surface area contributed by atoms with Gasteiger partial charge in [0.2, 0.25) is 5.78 Å². The molecule has 0 aliphatic carbocycles. The van der Waals surface area contributed by atoms with E-state index in [1.54, 1.807) is 60.7 Å². The number of amides is 1. The summed E-state index contributed by atoms with van der Waals surface area (Å²) in [5.74, 6) is -4.85. The molecule has 0 unspecified atom stereocenters. The van der Waals surface area contributed by atoms with Crippen LogP contribution < -0.4 is 5.32 Å². The molecule has 1 N–H and O–H groups in total.